The molecule has 0 radical (unpaired) electrons. The summed E-state index contributed by atoms with van der Waals surface area (Å²) in [5.74, 6) is -1.52. The summed E-state index contributed by atoms with van der Waals surface area (Å²) >= 11 is 1.65. The first-order chi connectivity index (χ1) is 19.0. The maximum absolute atomic E-state index is 14.4. The molecule has 8 heteroatoms. The third kappa shape index (κ3) is 4.83. The second kappa shape index (κ2) is 10.9. The third-order valence-corrected chi connectivity index (χ3v) is 11.0. The van der Waals surface area contributed by atoms with E-state index in [-0.39, 0.29) is 30.2 Å². The zero-order valence-corrected chi connectivity index (χ0v) is 24.9. The number of benzene rings is 2. The molecule has 3 amide bonds. The SMILES string of the molecule is Cc1ccc(C)c(NC(=O)C2N([C@@H](CO)CC(C)C)C(=O)[C@@H]3[C@H](C(=O)NCc4ccccc4)[C@]4(C)CCC23S4)c1. The monoisotopic (exact) mass is 563 g/mol. The number of thioether (sulfide) groups is 1. The van der Waals surface area contributed by atoms with Gasteiger partial charge in [-0.25, -0.2) is 0 Å². The summed E-state index contributed by atoms with van der Waals surface area (Å²) in [7, 11) is 0. The summed E-state index contributed by atoms with van der Waals surface area (Å²) in [5, 5.41) is 16.7. The molecule has 3 heterocycles. The van der Waals surface area contributed by atoms with Gasteiger partial charge in [0.05, 0.1) is 29.2 Å². The maximum Gasteiger partial charge on any atom is 0.248 e. The Morgan fingerprint density at radius 3 is 2.50 bits per heavy atom. The van der Waals surface area contributed by atoms with E-state index >= 15 is 0 Å². The summed E-state index contributed by atoms with van der Waals surface area (Å²) < 4.78 is -1.18. The Kier molecular flexibility index (Phi) is 7.79. The highest BCUT2D eigenvalue weighted by molar-refractivity contribution is 8.02. The van der Waals surface area contributed by atoms with Crippen LogP contribution in [0, 0.1) is 31.6 Å². The third-order valence-electron chi connectivity index (χ3n) is 9.05. The number of hydrogen-bond donors (Lipinski definition) is 3. The lowest BCUT2D eigenvalue weighted by atomic mass is 9.66. The van der Waals surface area contributed by atoms with Crippen LogP contribution in [0.3, 0.4) is 0 Å². The maximum atomic E-state index is 14.4. The predicted octanol–water partition coefficient (Wildman–Crippen LogP) is 4.45. The Morgan fingerprint density at radius 1 is 1.10 bits per heavy atom. The number of hydrogen-bond acceptors (Lipinski definition) is 5. The number of carbonyl (C=O) groups excluding carboxylic acids is 3. The molecule has 0 aliphatic carbocycles. The van der Waals surface area contributed by atoms with E-state index in [1.54, 1.807) is 16.7 Å². The van der Waals surface area contributed by atoms with Gasteiger partial charge in [0.2, 0.25) is 17.7 Å². The standard InChI is InChI=1S/C32H41N3O4S/c1-19(2)15-23(18-36)35-27(29(38)34-24-16-20(3)11-12-21(24)4)32-14-13-31(5,40-32)25(26(32)30(35)39)28(37)33-17-22-9-7-6-8-10-22/h6-12,16,19,23,25-27,36H,13-15,17-18H2,1-5H3,(H,33,37)(H,34,38)/t23-,25-,26+,27?,31+,32?/m1/s1. The fraction of sp³-hybridized carbons (Fsp3) is 0.531. The number of amides is 3. The number of fused-ring (bicyclic) bond motifs is 1. The molecule has 6 atom stereocenters. The molecule has 3 N–H and O–H groups in total. The molecule has 5 rings (SSSR count). The van der Waals surface area contributed by atoms with Crippen molar-refractivity contribution >= 4 is 35.2 Å². The van der Waals surface area contributed by atoms with Crippen LogP contribution in [0.1, 0.15) is 56.7 Å². The summed E-state index contributed by atoms with van der Waals surface area (Å²) in [6, 6.07) is 14.4. The van der Waals surface area contributed by atoms with Crippen LogP contribution in [0.4, 0.5) is 5.69 Å². The van der Waals surface area contributed by atoms with Gasteiger partial charge >= 0.3 is 0 Å². The number of aryl methyl sites for hydroxylation is 2. The second-order valence-electron chi connectivity index (χ2n) is 12.5. The van der Waals surface area contributed by atoms with Gasteiger partial charge in [-0.2, -0.15) is 0 Å². The van der Waals surface area contributed by atoms with Crippen LogP contribution in [-0.4, -0.2) is 55.9 Å². The van der Waals surface area contributed by atoms with E-state index in [0.717, 1.165) is 28.8 Å². The molecule has 214 valence electrons. The lowest BCUT2D eigenvalue weighted by Crippen LogP contribution is -2.55. The highest BCUT2D eigenvalue weighted by atomic mass is 32.2. The Labute approximate surface area is 241 Å². The Balaban J connectivity index is 1.52. The second-order valence-corrected chi connectivity index (χ2v) is 14.3. The van der Waals surface area contributed by atoms with Crippen LogP contribution in [0.15, 0.2) is 48.5 Å². The summed E-state index contributed by atoms with van der Waals surface area (Å²) in [5.41, 5.74) is 3.69. The first-order valence-corrected chi connectivity index (χ1v) is 15.2. The zero-order valence-electron chi connectivity index (χ0n) is 24.1. The summed E-state index contributed by atoms with van der Waals surface area (Å²) in [6.45, 7) is 10.3. The van der Waals surface area contributed by atoms with Crippen molar-refractivity contribution in [3.8, 4) is 0 Å². The Morgan fingerprint density at radius 2 is 1.82 bits per heavy atom. The number of aliphatic hydroxyl groups is 1. The topological polar surface area (TPSA) is 98.7 Å². The lowest BCUT2D eigenvalue weighted by Gasteiger charge is -2.37. The largest absolute Gasteiger partial charge is 0.394 e. The van der Waals surface area contributed by atoms with Gasteiger partial charge < -0.3 is 20.6 Å². The zero-order chi connectivity index (χ0) is 28.8. The number of aliphatic hydroxyl groups excluding tert-OH is 1. The number of rotatable bonds is 9. The fourth-order valence-corrected chi connectivity index (χ4v) is 9.59. The van der Waals surface area contributed by atoms with Crippen LogP contribution in [0.25, 0.3) is 0 Å². The minimum absolute atomic E-state index is 0.140. The van der Waals surface area contributed by atoms with E-state index in [1.807, 2.05) is 62.4 Å². The summed E-state index contributed by atoms with van der Waals surface area (Å²) in [4.78, 5) is 44.2. The van der Waals surface area contributed by atoms with Crippen molar-refractivity contribution in [2.75, 3.05) is 11.9 Å². The van der Waals surface area contributed by atoms with Crippen molar-refractivity contribution in [1.82, 2.24) is 10.2 Å². The molecule has 0 aromatic heterocycles. The number of likely N-dealkylation sites (tertiary alicyclic amines) is 1. The number of nitrogens with zero attached hydrogens (tertiary/aromatic N) is 1. The smallest absolute Gasteiger partial charge is 0.248 e. The molecule has 1 spiro atoms. The first-order valence-electron chi connectivity index (χ1n) is 14.3. The molecule has 3 fully saturated rings. The molecule has 2 aromatic rings. The minimum Gasteiger partial charge on any atom is -0.394 e. The van der Waals surface area contributed by atoms with Crippen molar-refractivity contribution in [1.29, 1.82) is 0 Å². The van der Waals surface area contributed by atoms with E-state index < -0.39 is 33.4 Å². The van der Waals surface area contributed by atoms with E-state index in [2.05, 4.69) is 31.4 Å². The van der Waals surface area contributed by atoms with Gasteiger partial charge in [0.25, 0.3) is 0 Å². The molecule has 2 bridgehead atoms. The molecule has 40 heavy (non-hydrogen) atoms. The molecule has 2 unspecified atom stereocenters. The lowest BCUT2D eigenvalue weighted by molar-refractivity contribution is -0.143. The molecule has 3 saturated heterocycles. The molecule has 7 nitrogen and oxygen atoms in total. The quantitative estimate of drug-likeness (QED) is 0.419. The van der Waals surface area contributed by atoms with Crippen LogP contribution < -0.4 is 10.6 Å². The van der Waals surface area contributed by atoms with Gasteiger partial charge in [0.15, 0.2) is 0 Å². The highest BCUT2D eigenvalue weighted by Crippen LogP contribution is 2.71. The summed E-state index contributed by atoms with van der Waals surface area (Å²) in [6.07, 6.45) is 2.00. The normalized spacial score (nSPS) is 29.5. The molecule has 3 aliphatic rings. The van der Waals surface area contributed by atoms with E-state index in [9.17, 15) is 19.5 Å². The van der Waals surface area contributed by atoms with Crippen molar-refractivity contribution in [2.45, 2.75) is 82.0 Å². The van der Waals surface area contributed by atoms with Crippen LogP contribution >= 0.6 is 11.8 Å². The number of carbonyl (C=O) groups is 3. The average Bonchev–Trinajstić information content (AvgIpc) is 3.49. The van der Waals surface area contributed by atoms with Gasteiger partial charge in [-0.1, -0.05) is 56.3 Å². The molecule has 2 aromatic carbocycles. The number of nitrogens with one attached hydrogen (secondary N) is 2. The minimum atomic E-state index is -0.778. The molecule has 3 aliphatic heterocycles. The highest BCUT2D eigenvalue weighted by Gasteiger charge is 2.77. The Hall–Kier alpha value is -2.84. The molecule has 0 saturated carbocycles. The van der Waals surface area contributed by atoms with Crippen molar-refractivity contribution in [3.05, 3.63) is 65.2 Å². The van der Waals surface area contributed by atoms with Gasteiger partial charge in [0, 0.05) is 17.0 Å². The van der Waals surface area contributed by atoms with Gasteiger partial charge in [-0.15, -0.1) is 11.8 Å². The first kappa shape index (κ1) is 28.7. The number of anilines is 1. The average molecular weight is 564 g/mol. The predicted molar refractivity (Wildman–Crippen MR) is 159 cm³/mol. The fourth-order valence-electron chi connectivity index (χ4n) is 7.24. The van der Waals surface area contributed by atoms with Gasteiger partial charge in [0.1, 0.15) is 6.04 Å². The Bertz CT molecular complexity index is 1300. The van der Waals surface area contributed by atoms with Gasteiger partial charge in [-0.3, -0.25) is 14.4 Å². The molecular formula is C32H41N3O4S. The van der Waals surface area contributed by atoms with Crippen molar-refractivity contribution < 1.29 is 19.5 Å². The van der Waals surface area contributed by atoms with E-state index in [4.69, 9.17) is 0 Å². The van der Waals surface area contributed by atoms with Crippen molar-refractivity contribution in [2.24, 2.45) is 17.8 Å². The van der Waals surface area contributed by atoms with Crippen molar-refractivity contribution in [3.63, 3.8) is 0 Å². The van der Waals surface area contributed by atoms with Crippen LogP contribution in [-0.2, 0) is 20.9 Å². The van der Waals surface area contributed by atoms with Gasteiger partial charge in [-0.05, 0) is 68.7 Å². The van der Waals surface area contributed by atoms with Crippen LogP contribution in [0.5, 0.6) is 0 Å². The van der Waals surface area contributed by atoms with E-state index in [1.165, 1.54) is 0 Å². The van der Waals surface area contributed by atoms with Crippen LogP contribution in [0.2, 0.25) is 0 Å². The van der Waals surface area contributed by atoms with E-state index in [0.29, 0.717) is 19.4 Å². The molecular weight excluding hydrogens is 522 g/mol.